The van der Waals surface area contributed by atoms with E-state index in [0.29, 0.717) is 26.2 Å². The minimum absolute atomic E-state index is 0.0585. The molecule has 0 N–H and O–H groups in total. The molecular weight excluding hydrogens is 332 g/mol. The number of piperazine rings is 1. The van der Waals surface area contributed by atoms with Gasteiger partial charge in [-0.1, -0.05) is 18.2 Å². The summed E-state index contributed by atoms with van der Waals surface area (Å²) >= 11 is 7.40. The van der Waals surface area contributed by atoms with Crippen molar-refractivity contribution >= 4 is 44.8 Å². The summed E-state index contributed by atoms with van der Waals surface area (Å²) in [7, 11) is 0. The van der Waals surface area contributed by atoms with Crippen molar-refractivity contribution in [2.75, 3.05) is 26.2 Å². The number of carbonyl (C=O) groups excluding carboxylic acids is 2. The van der Waals surface area contributed by atoms with E-state index in [-0.39, 0.29) is 11.8 Å². The quantitative estimate of drug-likeness (QED) is 0.781. The van der Waals surface area contributed by atoms with Crippen LogP contribution in [0.25, 0.3) is 10.1 Å². The number of hydrogen-bond donors (Lipinski definition) is 0. The highest BCUT2D eigenvalue weighted by atomic mass is 35.5. The van der Waals surface area contributed by atoms with Gasteiger partial charge in [-0.3, -0.25) is 9.59 Å². The molecule has 6 heteroatoms. The third-order valence-electron chi connectivity index (χ3n) is 4.26. The van der Waals surface area contributed by atoms with Crippen LogP contribution >= 0.6 is 22.9 Å². The molecule has 4 nitrogen and oxygen atoms in total. The molecule has 23 heavy (non-hydrogen) atoms. The summed E-state index contributed by atoms with van der Waals surface area (Å²) in [6, 6.07) is 8.08. The monoisotopic (exact) mass is 350 g/mol. The van der Waals surface area contributed by atoms with Crippen molar-refractivity contribution in [1.29, 1.82) is 0 Å². The fraction of sp³-hybridized carbons (Fsp3) is 0.412. The van der Waals surface area contributed by atoms with Crippen LogP contribution < -0.4 is 0 Å². The lowest BCUT2D eigenvalue weighted by Gasteiger charge is -2.35. The Morgan fingerprint density at radius 1 is 1.13 bits per heavy atom. The molecular formula is C17H19ClN2O2S. The molecule has 0 saturated carbocycles. The van der Waals surface area contributed by atoms with E-state index in [0.717, 1.165) is 20.5 Å². The van der Waals surface area contributed by atoms with Crippen LogP contribution in [0.1, 0.15) is 22.2 Å². The second-order valence-corrected chi connectivity index (χ2v) is 7.49. The highest BCUT2D eigenvalue weighted by Crippen LogP contribution is 2.31. The number of halogens is 1. The Morgan fingerprint density at radius 3 is 2.35 bits per heavy atom. The molecule has 1 aliphatic rings. The number of nitrogens with zero attached hydrogens (tertiary/aromatic N) is 2. The molecule has 1 saturated heterocycles. The molecule has 1 aliphatic heterocycles. The highest BCUT2D eigenvalue weighted by Gasteiger charge is 2.28. The molecule has 2 amide bonds. The van der Waals surface area contributed by atoms with E-state index in [9.17, 15) is 9.59 Å². The zero-order chi connectivity index (χ0) is 16.6. The van der Waals surface area contributed by atoms with Crippen molar-refractivity contribution in [3.8, 4) is 0 Å². The van der Waals surface area contributed by atoms with Crippen LogP contribution in [0.5, 0.6) is 0 Å². The number of amides is 2. The number of benzene rings is 1. The van der Waals surface area contributed by atoms with Gasteiger partial charge in [0.1, 0.15) is 5.38 Å². The molecule has 0 bridgehead atoms. The van der Waals surface area contributed by atoms with Gasteiger partial charge in [0.15, 0.2) is 0 Å². The Hall–Kier alpha value is -1.59. The van der Waals surface area contributed by atoms with Crippen LogP contribution in [-0.2, 0) is 4.79 Å². The summed E-state index contributed by atoms with van der Waals surface area (Å²) in [6.07, 6.45) is 0. The van der Waals surface area contributed by atoms with Gasteiger partial charge in [-0.05, 0) is 30.9 Å². The van der Waals surface area contributed by atoms with E-state index >= 15 is 0 Å². The van der Waals surface area contributed by atoms with Gasteiger partial charge in [-0.15, -0.1) is 22.9 Å². The fourth-order valence-corrected chi connectivity index (χ4v) is 4.22. The predicted octanol–water partition coefficient (Wildman–Crippen LogP) is 3.12. The Kier molecular flexibility index (Phi) is 4.60. The van der Waals surface area contributed by atoms with Gasteiger partial charge in [0.25, 0.3) is 5.91 Å². The van der Waals surface area contributed by atoms with Crippen LogP contribution in [0.15, 0.2) is 24.3 Å². The van der Waals surface area contributed by atoms with E-state index in [2.05, 4.69) is 6.07 Å². The van der Waals surface area contributed by atoms with Crippen molar-refractivity contribution in [3.63, 3.8) is 0 Å². The molecule has 2 aromatic rings. The first kappa shape index (κ1) is 16.3. The van der Waals surface area contributed by atoms with Crippen LogP contribution in [-0.4, -0.2) is 53.2 Å². The minimum Gasteiger partial charge on any atom is -0.338 e. The average molecular weight is 351 g/mol. The number of aryl methyl sites for hydroxylation is 1. The Balaban J connectivity index is 1.74. The molecule has 0 radical (unpaired) electrons. The summed E-state index contributed by atoms with van der Waals surface area (Å²) < 4.78 is 1.14. The fourth-order valence-electron chi connectivity index (χ4n) is 2.90. The number of fused-ring (bicyclic) bond motifs is 1. The van der Waals surface area contributed by atoms with E-state index < -0.39 is 5.38 Å². The van der Waals surface area contributed by atoms with Crippen molar-refractivity contribution in [2.45, 2.75) is 19.2 Å². The highest BCUT2D eigenvalue weighted by molar-refractivity contribution is 7.21. The van der Waals surface area contributed by atoms with Gasteiger partial charge in [-0.2, -0.15) is 0 Å². The third kappa shape index (κ3) is 3.08. The number of alkyl halides is 1. The Bertz CT molecular complexity index is 748. The molecule has 1 aromatic carbocycles. The maximum atomic E-state index is 12.8. The minimum atomic E-state index is -0.512. The molecule has 1 unspecified atom stereocenters. The third-order valence-corrected chi connectivity index (χ3v) is 5.70. The van der Waals surface area contributed by atoms with Crippen molar-refractivity contribution in [2.24, 2.45) is 0 Å². The molecule has 2 heterocycles. The lowest BCUT2D eigenvalue weighted by atomic mass is 10.1. The van der Waals surface area contributed by atoms with Gasteiger partial charge in [0.05, 0.1) is 4.88 Å². The van der Waals surface area contributed by atoms with Crippen LogP contribution in [0.2, 0.25) is 0 Å². The zero-order valence-electron chi connectivity index (χ0n) is 13.2. The molecule has 1 aromatic heterocycles. The van der Waals surface area contributed by atoms with E-state index in [4.69, 9.17) is 11.6 Å². The smallest absolute Gasteiger partial charge is 0.264 e. The van der Waals surface area contributed by atoms with Crippen LogP contribution in [0, 0.1) is 6.92 Å². The maximum absolute atomic E-state index is 12.8. The molecule has 0 spiro atoms. The van der Waals surface area contributed by atoms with E-state index in [1.165, 1.54) is 0 Å². The summed E-state index contributed by atoms with van der Waals surface area (Å²) in [5.74, 6) is 0.00605. The van der Waals surface area contributed by atoms with Gasteiger partial charge in [-0.25, -0.2) is 0 Å². The van der Waals surface area contributed by atoms with Crippen LogP contribution in [0.3, 0.4) is 0 Å². The van der Waals surface area contributed by atoms with Gasteiger partial charge < -0.3 is 9.80 Å². The average Bonchev–Trinajstić information content (AvgIpc) is 2.91. The molecule has 1 atom stereocenters. The second-order valence-electron chi connectivity index (χ2n) is 5.79. The topological polar surface area (TPSA) is 40.6 Å². The number of hydrogen-bond acceptors (Lipinski definition) is 3. The first-order chi connectivity index (χ1) is 11.0. The van der Waals surface area contributed by atoms with Gasteiger partial charge in [0, 0.05) is 30.9 Å². The molecule has 3 rings (SSSR count). The zero-order valence-corrected chi connectivity index (χ0v) is 14.8. The Morgan fingerprint density at radius 2 is 1.74 bits per heavy atom. The number of rotatable bonds is 2. The first-order valence-electron chi connectivity index (χ1n) is 7.69. The standard InChI is InChI=1S/C17H19ClN2O2S/c1-11-13-5-3-4-6-14(13)23-15(11)17(22)20-9-7-19(8-10-20)16(21)12(2)18/h3-6,12H,7-10H2,1-2H3. The van der Waals surface area contributed by atoms with Crippen LogP contribution in [0.4, 0.5) is 0 Å². The summed E-state index contributed by atoms with van der Waals surface area (Å²) in [5, 5.41) is 0.632. The number of thiophene rings is 1. The summed E-state index contributed by atoms with van der Waals surface area (Å²) in [5.41, 5.74) is 1.04. The molecule has 122 valence electrons. The van der Waals surface area contributed by atoms with E-state index in [1.54, 1.807) is 23.2 Å². The molecule has 0 aliphatic carbocycles. The first-order valence-corrected chi connectivity index (χ1v) is 8.94. The van der Waals surface area contributed by atoms with Crippen molar-refractivity contribution < 1.29 is 9.59 Å². The lowest BCUT2D eigenvalue weighted by molar-refractivity contribution is -0.131. The SMILES string of the molecule is Cc1c(C(=O)N2CCN(C(=O)C(C)Cl)CC2)sc2ccccc12. The largest absolute Gasteiger partial charge is 0.338 e. The summed E-state index contributed by atoms with van der Waals surface area (Å²) in [4.78, 5) is 29.1. The van der Waals surface area contributed by atoms with Crippen molar-refractivity contribution in [3.05, 3.63) is 34.7 Å². The second kappa shape index (κ2) is 6.49. The van der Waals surface area contributed by atoms with Crippen molar-refractivity contribution in [1.82, 2.24) is 9.80 Å². The predicted molar refractivity (Wildman–Crippen MR) is 94.4 cm³/mol. The van der Waals surface area contributed by atoms with Gasteiger partial charge >= 0.3 is 0 Å². The maximum Gasteiger partial charge on any atom is 0.264 e. The van der Waals surface area contributed by atoms with E-state index in [1.807, 2.05) is 30.0 Å². The molecule has 1 fully saturated rings. The summed E-state index contributed by atoms with van der Waals surface area (Å²) in [6.45, 7) is 5.89. The number of carbonyl (C=O) groups is 2. The normalized spacial score (nSPS) is 16.7. The Labute approximate surface area is 144 Å². The van der Waals surface area contributed by atoms with Gasteiger partial charge in [0.2, 0.25) is 5.91 Å². The lowest BCUT2D eigenvalue weighted by Crippen LogP contribution is -2.51.